The van der Waals surface area contributed by atoms with Gasteiger partial charge in [0, 0.05) is 49.5 Å². The normalized spacial score (nSPS) is 14.4. The standard InChI is InChI=1S/C21H20N6O2S/c28-19(27-11-9-26(10-12-27)18-7-3-4-8-22-18)14-30-21-25-24-20(29-21)16-13-23-17-6-2-1-5-15(16)17/h1-8,13,23H,9-12,14H2. The zero-order chi connectivity index (χ0) is 20.3. The number of pyridine rings is 1. The fourth-order valence-electron chi connectivity index (χ4n) is 3.57. The van der Waals surface area contributed by atoms with Crippen molar-refractivity contribution < 1.29 is 9.21 Å². The minimum absolute atomic E-state index is 0.0764. The molecule has 0 saturated carbocycles. The van der Waals surface area contributed by atoms with Crippen LogP contribution in [0.1, 0.15) is 0 Å². The van der Waals surface area contributed by atoms with Gasteiger partial charge in [0.05, 0.1) is 11.3 Å². The molecule has 1 N–H and O–H groups in total. The molecule has 1 aromatic carbocycles. The first-order chi connectivity index (χ1) is 14.8. The van der Waals surface area contributed by atoms with Crippen molar-refractivity contribution in [1.29, 1.82) is 0 Å². The molecule has 0 radical (unpaired) electrons. The lowest BCUT2D eigenvalue weighted by atomic mass is 10.2. The van der Waals surface area contributed by atoms with Gasteiger partial charge in [-0.2, -0.15) is 0 Å². The van der Waals surface area contributed by atoms with Crippen molar-refractivity contribution in [2.45, 2.75) is 5.22 Å². The number of fused-ring (bicyclic) bond motifs is 1. The van der Waals surface area contributed by atoms with Crippen LogP contribution in [0.4, 0.5) is 5.82 Å². The van der Waals surface area contributed by atoms with Crippen molar-refractivity contribution in [3.05, 3.63) is 54.9 Å². The van der Waals surface area contributed by atoms with Gasteiger partial charge in [0.1, 0.15) is 5.82 Å². The molecule has 9 heteroatoms. The van der Waals surface area contributed by atoms with Gasteiger partial charge in [0.25, 0.3) is 11.1 Å². The van der Waals surface area contributed by atoms with E-state index >= 15 is 0 Å². The molecule has 0 aliphatic carbocycles. The Labute approximate surface area is 177 Å². The highest BCUT2D eigenvalue weighted by Gasteiger charge is 2.22. The number of aromatic amines is 1. The minimum atomic E-state index is 0.0764. The van der Waals surface area contributed by atoms with E-state index < -0.39 is 0 Å². The Morgan fingerprint density at radius 2 is 1.90 bits per heavy atom. The predicted octanol–water partition coefficient (Wildman–Crippen LogP) is 3.05. The molecule has 3 aromatic heterocycles. The monoisotopic (exact) mass is 420 g/mol. The minimum Gasteiger partial charge on any atom is -0.411 e. The zero-order valence-electron chi connectivity index (χ0n) is 16.2. The average molecular weight is 420 g/mol. The molecule has 8 nitrogen and oxygen atoms in total. The van der Waals surface area contributed by atoms with E-state index in [9.17, 15) is 4.79 Å². The van der Waals surface area contributed by atoms with Crippen LogP contribution in [0.3, 0.4) is 0 Å². The molecule has 1 saturated heterocycles. The van der Waals surface area contributed by atoms with E-state index in [1.165, 1.54) is 11.8 Å². The predicted molar refractivity (Wildman–Crippen MR) is 115 cm³/mol. The number of piperazine rings is 1. The molecule has 152 valence electrons. The molecule has 1 aliphatic rings. The summed E-state index contributed by atoms with van der Waals surface area (Å²) in [5, 5.41) is 9.67. The van der Waals surface area contributed by atoms with Crippen LogP contribution in [0, 0.1) is 0 Å². The van der Waals surface area contributed by atoms with Gasteiger partial charge in [0.15, 0.2) is 0 Å². The molecule has 30 heavy (non-hydrogen) atoms. The largest absolute Gasteiger partial charge is 0.411 e. The summed E-state index contributed by atoms with van der Waals surface area (Å²) >= 11 is 1.28. The van der Waals surface area contributed by atoms with Crippen LogP contribution in [-0.2, 0) is 4.79 Å². The lowest BCUT2D eigenvalue weighted by Gasteiger charge is -2.35. The fourth-order valence-corrected chi connectivity index (χ4v) is 4.23. The maximum atomic E-state index is 12.6. The SMILES string of the molecule is O=C(CSc1nnc(-c2c[nH]c3ccccc23)o1)N1CCN(c2ccccn2)CC1. The molecule has 0 spiro atoms. The Bertz CT molecular complexity index is 1150. The van der Waals surface area contributed by atoms with E-state index in [2.05, 4.69) is 25.1 Å². The fraction of sp³-hybridized carbons (Fsp3) is 0.238. The van der Waals surface area contributed by atoms with Crippen LogP contribution in [-0.4, -0.2) is 62.9 Å². The summed E-state index contributed by atoms with van der Waals surface area (Å²) in [7, 11) is 0. The number of aromatic nitrogens is 4. The summed E-state index contributed by atoms with van der Waals surface area (Å²) in [5.41, 5.74) is 1.88. The average Bonchev–Trinajstić information content (AvgIpc) is 3.45. The Hall–Kier alpha value is -3.33. The second-order valence-corrected chi connectivity index (χ2v) is 7.89. The number of amides is 1. The molecular weight excluding hydrogens is 400 g/mol. The highest BCUT2D eigenvalue weighted by molar-refractivity contribution is 7.99. The molecule has 0 atom stereocenters. The molecule has 1 aliphatic heterocycles. The third kappa shape index (κ3) is 3.76. The Balaban J connectivity index is 1.17. The van der Waals surface area contributed by atoms with Crippen LogP contribution in [0.2, 0.25) is 0 Å². The smallest absolute Gasteiger partial charge is 0.277 e. The number of nitrogens with one attached hydrogen (secondary N) is 1. The van der Waals surface area contributed by atoms with Gasteiger partial charge in [-0.1, -0.05) is 36.0 Å². The Kier molecular flexibility index (Phi) is 5.10. The van der Waals surface area contributed by atoms with Crippen LogP contribution in [0.25, 0.3) is 22.4 Å². The molecule has 4 aromatic rings. The number of para-hydroxylation sites is 1. The number of H-pyrrole nitrogens is 1. The first-order valence-electron chi connectivity index (χ1n) is 9.74. The maximum absolute atomic E-state index is 12.6. The molecule has 4 heterocycles. The van der Waals surface area contributed by atoms with Crippen LogP contribution in [0.5, 0.6) is 0 Å². The lowest BCUT2D eigenvalue weighted by molar-refractivity contribution is -0.128. The van der Waals surface area contributed by atoms with E-state index in [1.54, 1.807) is 6.20 Å². The summed E-state index contributed by atoms with van der Waals surface area (Å²) in [6, 6.07) is 13.8. The summed E-state index contributed by atoms with van der Waals surface area (Å²) in [6.07, 6.45) is 3.65. The van der Waals surface area contributed by atoms with Crippen molar-refractivity contribution in [2.75, 3.05) is 36.8 Å². The molecule has 1 amide bonds. The van der Waals surface area contributed by atoms with Gasteiger partial charge in [-0.15, -0.1) is 10.2 Å². The highest BCUT2D eigenvalue weighted by atomic mass is 32.2. The molecular formula is C21H20N6O2S. The van der Waals surface area contributed by atoms with Crippen LogP contribution in [0.15, 0.2) is 64.5 Å². The van der Waals surface area contributed by atoms with E-state index in [0.29, 0.717) is 24.2 Å². The zero-order valence-corrected chi connectivity index (χ0v) is 17.0. The molecule has 1 fully saturated rings. The number of anilines is 1. The number of benzene rings is 1. The van der Waals surface area contributed by atoms with Crippen molar-refractivity contribution >= 4 is 34.4 Å². The third-order valence-electron chi connectivity index (χ3n) is 5.15. The molecule has 0 unspecified atom stereocenters. The second kappa shape index (κ2) is 8.19. The van der Waals surface area contributed by atoms with E-state index in [4.69, 9.17) is 4.42 Å². The number of nitrogens with zero attached hydrogens (tertiary/aromatic N) is 5. The van der Waals surface area contributed by atoms with Gasteiger partial charge in [0.2, 0.25) is 5.91 Å². The van der Waals surface area contributed by atoms with Gasteiger partial charge in [-0.3, -0.25) is 4.79 Å². The molecule has 0 bridgehead atoms. The lowest BCUT2D eigenvalue weighted by Crippen LogP contribution is -2.49. The number of carbonyl (C=O) groups is 1. The van der Waals surface area contributed by atoms with Crippen molar-refractivity contribution in [2.24, 2.45) is 0 Å². The maximum Gasteiger partial charge on any atom is 0.277 e. The number of rotatable bonds is 5. The van der Waals surface area contributed by atoms with Gasteiger partial charge >= 0.3 is 0 Å². The summed E-state index contributed by atoms with van der Waals surface area (Å²) in [6.45, 7) is 2.91. The Morgan fingerprint density at radius 1 is 1.07 bits per heavy atom. The summed E-state index contributed by atoms with van der Waals surface area (Å²) < 4.78 is 5.78. The van der Waals surface area contributed by atoms with Gasteiger partial charge < -0.3 is 19.2 Å². The summed E-state index contributed by atoms with van der Waals surface area (Å²) in [4.78, 5) is 24.3. The van der Waals surface area contributed by atoms with E-state index in [1.807, 2.05) is 53.6 Å². The summed E-state index contributed by atoms with van der Waals surface area (Å²) in [5.74, 6) is 1.76. The molecule has 5 rings (SSSR count). The van der Waals surface area contributed by atoms with Crippen molar-refractivity contribution in [3.8, 4) is 11.5 Å². The number of carbonyl (C=O) groups excluding carboxylic acids is 1. The van der Waals surface area contributed by atoms with Crippen molar-refractivity contribution in [3.63, 3.8) is 0 Å². The highest BCUT2D eigenvalue weighted by Crippen LogP contribution is 2.29. The number of hydrogen-bond donors (Lipinski definition) is 1. The van der Waals surface area contributed by atoms with E-state index in [0.717, 1.165) is 35.4 Å². The number of thioether (sulfide) groups is 1. The first-order valence-corrected chi connectivity index (χ1v) is 10.7. The quantitative estimate of drug-likeness (QED) is 0.496. The third-order valence-corrected chi connectivity index (χ3v) is 5.95. The topological polar surface area (TPSA) is 91.1 Å². The van der Waals surface area contributed by atoms with E-state index in [-0.39, 0.29) is 11.7 Å². The van der Waals surface area contributed by atoms with Crippen molar-refractivity contribution in [1.82, 2.24) is 25.1 Å². The van der Waals surface area contributed by atoms with Crippen LogP contribution < -0.4 is 4.90 Å². The van der Waals surface area contributed by atoms with Gasteiger partial charge in [-0.05, 0) is 18.2 Å². The van der Waals surface area contributed by atoms with Gasteiger partial charge in [-0.25, -0.2) is 4.98 Å². The van der Waals surface area contributed by atoms with Crippen LogP contribution >= 0.6 is 11.8 Å². The Morgan fingerprint density at radius 3 is 2.73 bits per heavy atom. The first kappa shape index (κ1) is 18.7. The number of hydrogen-bond acceptors (Lipinski definition) is 7. The second-order valence-electron chi connectivity index (χ2n) is 6.97.